The topological polar surface area (TPSA) is 152 Å². The van der Waals surface area contributed by atoms with Crippen molar-refractivity contribution in [3.05, 3.63) is 64.5 Å². The van der Waals surface area contributed by atoms with Crippen molar-refractivity contribution in [2.75, 3.05) is 31.6 Å². The SMILES string of the molecule is BC1(O)C(=O)NC(=O)C(O)(N2Cc3c(NCc4ccc(CN5CCOCC5)cc4F)cccc3C2=O)C1(B)O. The van der Waals surface area contributed by atoms with Crippen LogP contribution in [-0.4, -0.2) is 102 Å². The average Bonchev–Trinajstić information content (AvgIpc) is 3.24. The fourth-order valence-electron chi connectivity index (χ4n) is 5.28. The summed E-state index contributed by atoms with van der Waals surface area (Å²) in [6, 6.07) is 9.81. The Balaban J connectivity index is 1.35. The second-order valence-electron chi connectivity index (χ2n) is 10.5. The Kier molecular flexibility index (Phi) is 6.80. The Morgan fingerprint density at radius 3 is 2.46 bits per heavy atom. The van der Waals surface area contributed by atoms with Crippen LogP contribution < -0.4 is 10.6 Å². The predicted octanol–water partition coefficient (Wildman–Crippen LogP) is -2.79. The molecule has 2 saturated heterocycles. The fraction of sp³-hybridized carbons (Fsp3) is 0.400. The summed E-state index contributed by atoms with van der Waals surface area (Å²) in [5.41, 5.74) is -6.02. The number of fused-ring (bicyclic) bond motifs is 1. The summed E-state index contributed by atoms with van der Waals surface area (Å²) < 4.78 is 20.3. The van der Waals surface area contributed by atoms with Gasteiger partial charge in [0.05, 0.1) is 19.8 Å². The van der Waals surface area contributed by atoms with Crippen LogP contribution >= 0.6 is 0 Å². The minimum atomic E-state index is -2.96. The zero-order valence-electron chi connectivity index (χ0n) is 21.7. The number of amides is 3. The van der Waals surface area contributed by atoms with Crippen LogP contribution in [0.4, 0.5) is 10.1 Å². The van der Waals surface area contributed by atoms with E-state index < -0.39 is 34.4 Å². The van der Waals surface area contributed by atoms with Crippen LogP contribution in [0.1, 0.15) is 27.0 Å². The van der Waals surface area contributed by atoms with Crippen molar-refractivity contribution in [1.29, 1.82) is 0 Å². The molecule has 2 aromatic rings. The average molecular weight is 538 g/mol. The molecule has 3 amide bonds. The molecule has 0 bridgehead atoms. The van der Waals surface area contributed by atoms with Gasteiger partial charge in [0.1, 0.15) is 16.8 Å². The number of ether oxygens (including phenoxy) is 1. The Hall–Kier alpha value is -3.29. The van der Waals surface area contributed by atoms with E-state index in [0.717, 1.165) is 39.2 Å². The highest BCUT2D eigenvalue weighted by Gasteiger charge is 2.71. The molecular formula is C25H29B2FN4O7. The largest absolute Gasteiger partial charge is 0.391 e. The van der Waals surface area contributed by atoms with E-state index in [2.05, 4.69) is 10.2 Å². The van der Waals surface area contributed by atoms with E-state index in [4.69, 9.17) is 4.74 Å². The first-order chi connectivity index (χ1) is 18.4. The smallest absolute Gasteiger partial charge is 0.282 e. The lowest BCUT2D eigenvalue weighted by Crippen LogP contribution is -2.86. The van der Waals surface area contributed by atoms with Crippen molar-refractivity contribution < 1.29 is 38.8 Å². The molecule has 0 aliphatic carbocycles. The standard InChI is InChI=1S/C25H29B2FN4O7/c26-23(36)21(34)30-22(35)24(37,25(23,27)38)32-13-17-16(20(32)33)2-1-3-19(17)29-11-15-5-4-14(10-18(15)28)12-31-6-8-39-9-7-31/h1-5,10,29,36-38H,6-9,11-13,26-27H2,(H,30,34,35). The summed E-state index contributed by atoms with van der Waals surface area (Å²) in [7, 11) is 1.87. The number of carbonyl (C=O) groups excluding carboxylic acids is 3. The molecule has 0 aromatic heterocycles. The first-order valence-electron chi connectivity index (χ1n) is 12.7. The van der Waals surface area contributed by atoms with E-state index in [9.17, 15) is 34.1 Å². The van der Waals surface area contributed by atoms with Crippen LogP contribution in [0.3, 0.4) is 0 Å². The summed E-state index contributed by atoms with van der Waals surface area (Å²) in [6.45, 7) is 3.30. The number of hydrogen-bond acceptors (Lipinski definition) is 9. The van der Waals surface area contributed by atoms with Gasteiger partial charge in [-0.05, 0) is 23.8 Å². The van der Waals surface area contributed by atoms with Gasteiger partial charge < -0.3 is 25.4 Å². The second kappa shape index (κ2) is 9.72. The maximum absolute atomic E-state index is 14.9. The molecule has 3 aliphatic rings. The first-order valence-corrected chi connectivity index (χ1v) is 12.7. The number of hydrogen-bond donors (Lipinski definition) is 5. The Bertz CT molecular complexity index is 1350. The second-order valence-corrected chi connectivity index (χ2v) is 10.5. The summed E-state index contributed by atoms with van der Waals surface area (Å²) in [5, 5.41) is 38.0. The molecule has 0 spiro atoms. The van der Waals surface area contributed by atoms with Crippen LogP contribution in [0, 0.1) is 5.82 Å². The number of piperidine rings is 1. The van der Waals surface area contributed by atoms with Gasteiger partial charge in [-0.3, -0.25) is 29.5 Å². The molecule has 3 aliphatic heterocycles. The fourth-order valence-corrected chi connectivity index (χ4v) is 5.28. The van der Waals surface area contributed by atoms with Crippen molar-refractivity contribution >= 4 is 39.1 Å². The summed E-state index contributed by atoms with van der Waals surface area (Å²) in [5.74, 6) is -3.70. The molecule has 3 atom stereocenters. The van der Waals surface area contributed by atoms with Gasteiger partial charge in [-0.1, -0.05) is 18.2 Å². The number of morpholine rings is 1. The molecule has 5 rings (SSSR count). The first kappa shape index (κ1) is 27.3. The van der Waals surface area contributed by atoms with Gasteiger partial charge in [0.2, 0.25) is 5.72 Å². The van der Waals surface area contributed by atoms with E-state index in [1.807, 2.05) is 11.4 Å². The summed E-state index contributed by atoms with van der Waals surface area (Å²) in [6.07, 6.45) is 0. The van der Waals surface area contributed by atoms with Gasteiger partial charge >= 0.3 is 0 Å². The number of nitrogens with one attached hydrogen (secondary N) is 2. The zero-order chi connectivity index (χ0) is 28.2. The molecule has 11 nitrogen and oxygen atoms in total. The van der Waals surface area contributed by atoms with Gasteiger partial charge in [-0.2, -0.15) is 0 Å². The molecule has 3 unspecified atom stereocenters. The molecule has 3 heterocycles. The number of benzene rings is 2. The van der Waals surface area contributed by atoms with Crippen molar-refractivity contribution in [3.63, 3.8) is 0 Å². The quantitative estimate of drug-likeness (QED) is 0.194. The number of anilines is 1. The number of nitrogens with zero attached hydrogens (tertiary/aromatic N) is 2. The third kappa shape index (κ3) is 4.32. The zero-order valence-corrected chi connectivity index (χ0v) is 21.7. The van der Waals surface area contributed by atoms with E-state index in [0.29, 0.717) is 36.6 Å². The molecule has 5 N–H and O–H groups in total. The number of carbonyl (C=O) groups is 3. The number of aliphatic hydroxyl groups is 3. The van der Waals surface area contributed by atoms with Crippen LogP contribution in [0.2, 0.25) is 0 Å². The van der Waals surface area contributed by atoms with Gasteiger partial charge in [0.15, 0.2) is 15.7 Å². The van der Waals surface area contributed by atoms with Crippen molar-refractivity contribution in [2.45, 2.75) is 36.4 Å². The number of imide groups is 1. The number of halogens is 1. The van der Waals surface area contributed by atoms with Gasteiger partial charge in [0.25, 0.3) is 17.7 Å². The molecule has 39 heavy (non-hydrogen) atoms. The summed E-state index contributed by atoms with van der Waals surface area (Å²) >= 11 is 0. The van der Waals surface area contributed by atoms with E-state index in [-0.39, 0.29) is 24.5 Å². The van der Waals surface area contributed by atoms with Gasteiger partial charge in [-0.15, -0.1) is 0 Å². The van der Waals surface area contributed by atoms with Crippen molar-refractivity contribution in [3.8, 4) is 0 Å². The minimum absolute atomic E-state index is 0.0972. The van der Waals surface area contributed by atoms with Crippen LogP contribution in [0.25, 0.3) is 0 Å². The van der Waals surface area contributed by atoms with Crippen molar-refractivity contribution in [1.82, 2.24) is 15.1 Å². The van der Waals surface area contributed by atoms with E-state index in [1.54, 1.807) is 18.2 Å². The van der Waals surface area contributed by atoms with Crippen LogP contribution in [0.15, 0.2) is 36.4 Å². The van der Waals surface area contributed by atoms with E-state index >= 15 is 0 Å². The maximum Gasteiger partial charge on any atom is 0.282 e. The molecule has 204 valence electrons. The normalized spacial score (nSPS) is 29.3. The maximum atomic E-state index is 14.9. The van der Waals surface area contributed by atoms with Crippen molar-refractivity contribution in [2.24, 2.45) is 0 Å². The van der Waals surface area contributed by atoms with Crippen LogP contribution in [0.5, 0.6) is 0 Å². The van der Waals surface area contributed by atoms with Gasteiger partial charge in [0, 0.05) is 48.6 Å². The Morgan fingerprint density at radius 1 is 1.05 bits per heavy atom. The molecule has 2 aromatic carbocycles. The Morgan fingerprint density at radius 2 is 1.77 bits per heavy atom. The third-order valence-corrected chi connectivity index (χ3v) is 8.07. The lowest BCUT2D eigenvalue weighted by Gasteiger charge is -2.53. The van der Waals surface area contributed by atoms with E-state index in [1.165, 1.54) is 12.1 Å². The van der Waals surface area contributed by atoms with Crippen LogP contribution in [-0.2, 0) is 34.0 Å². The molecule has 0 saturated carbocycles. The highest BCUT2D eigenvalue weighted by Crippen LogP contribution is 2.41. The molecule has 14 heteroatoms. The molecule has 0 radical (unpaired) electrons. The lowest BCUT2D eigenvalue weighted by atomic mass is 9.51. The Labute approximate surface area is 225 Å². The highest BCUT2D eigenvalue weighted by atomic mass is 19.1. The van der Waals surface area contributed by atoms with Gasteiger partial charge in [-0.25, -0.2) is 4.39 Å². The highest BCUT2D eigenvalue weighted by molar-refractivity contribution is 6.39. The summed E-state index contributed by atoms with van der Waals surface area (Å²) in [4.78, 5) is 41.2. The molecule has 2 fully saturated rings. The lowest BCUT2D eigenvalue weighted by molar-refractivity contribution is -0.232. The number of rotatable bonds is 6. The third-order valence-electron chi connectivity index (χ3n) is 8.07. The predicted molar refractivity (Wildman–Crippen MR) is 141 cm³/mol. The minimum Gasteiger partial charge on any atom is -0.391 e. The monoisotopic (exact) mass is 538 g/mol. The molecular weight excluding hydrogens is 509 g/mol.